The second kappa shape index (κ2) is 5.27. The SMILES string of the molecule is Cc1ccc(NS(=O)(=O)Cc2ccccc2)c(=O)[nH]1. The fourth-order valence-electron chi connectivity index (χ4n) is 1.65. The monoisotopic (exact) mass is 278 g/mol. The van der Waals surface area contributed by atoms with Gasteiger partial charge in [-0.15, -0.1) is 0 Å². The van der Waals surface area contributed by atoms with Gasteiger partial charge in [0, 0.05) is 5.69 Å². The Balaban J connectivity index is 2.20. The Kier molecular flexibility index (Phi) is 3.71. The molecular weight excluding hydrogens is 264 g/mol. The Bertz CT molecular complexity index is 721. The van der Waals surface area contributed by atoms with E-state index in [2.05, 4.69) is 9.71 Å². The largest absolute Gasteiger partial charge is 0.325 e. The van der Waals surface area contributed by atoms with E-state index < -0.39 is 15.6 Å². The molecule has 1 heterocycles. The summed E-state index contributed by atoms with van der Waals surface area (Å²) in [7, 11) is -3.59. The third-order valence-electron chi connectivity index (χ3n) is 2.52. The molecule has 0 radical (unpaired) electrons. The van der Waals surface area contributed by atoms with Crippen LogP contribution < -0.4 is 10.3 Å². The molecule has 0 saturated heterocycles. The van der Waals surface area contributed by atoms with E-state index >= 15 is 0 Å². The Morgan fingerprint density at radius 1 is 1.11 bits per heavy atom. The molecule has 2 rings (SSSR count). The molecule has 5 nitrogen and oxygen atoms in total. The molecule has 6 heteroatoms. The average Bonchev–Trinajstić information content (AvgIpc) is 2.33. The number of benzene rings is 1. The zero-order chi connectivity index (χ0) is 13.9. The summed E-state index contributed by atoms with van der Waals surface area (Å²) < 4.78 is 26.2. The molecule has 2 aromatic rings. The quantitative estimate of drug-likeness (QED) is 0.892. The zero-order valence-electron chi connectivity index (χ0n) is 10.4. The van der Waals surface area contributed by atoms with Crippen LogP contribution in [-0.2, 0) is 15.8 Å². The van der Waals surface area contributed by atoms with Gasteiger partial charge in [0.15, 0.2) is 0 Å². The fraction of sp³-hybridized carbons (Fsp3) is 0.154. The summed E-state index contributed by atoms with van der Waals surface area (Å²) >= 11 is 0. The van der Waals surface area contributed by atoms with Crippen molar-refractivity contribution < 1.29 is 8.42 Å². The number of anilines is 1. The van der Waals surface area contributed by atoms with Gasteiger partial charge in [-0.1, -0.05) is 30.3 Å². The molecule has 19 heavy (non-hydrogen) atoms. The molecular formula is C13H14N2O3S. The highest BCUT2D eigenvalue weighted by Crippen LogP contribution is 2.09. The van der Waals surface area contributed by atoms with Gasteiger partial charge in [0.05, 0.1) is 5.75 Å². The van der Waals surface area contributed by atoms with Crippen molar-refractivity contribution in [1.29, 1.82) is 0 Å². The van der Waals surface area contributed by atoms with Crippen LogP contribution in [0.25, 0.3) is 0 Å². The Morgan fingerprint density at radius 2 is 1.79 bits per heavy atom. The fourth-order valence-corrected chi connectivity index (χ4v) is 2.85. The zero-order valence-corrected chi connectivity index (χ0v) is 11.2. The molecule has 2 N–H and O–H groups in total. The molecule has 0 fully saturated rings. The maximum Gasteiger partial charge on any atom is 0.272 e. The molecule has 0 aliphatic carbocycles. The standard InChI is InChI=1S/C13H14N2O3S/c1-10-7-8-12(13(16)14-10)15-19(17,18)9-11-5-3-2-4-6-11/h2-8,15H,9H2,1H3,(H,14,16). The first-order valence-electron chi connectivity index (χ1n) is 5.71. The predicted octanol–water partition coefficient (Wildman–Crippen LogP) is 1.63. The van der Waals surface area contributed by atoms with Crippen LogP contribution >= 0.6 is 0 Å². The molecule has 1 aromatic carbocycles. The maximum atomic E-state index is 11.9. The summed E-state index contributed by atoms with van der Waals surface area (Å²) in [6, 6.07) is 11.9. The number of pyridine rings is 1. The highest BCUT2D eigenvalue weighted by molar-refractivity contribution is 7.91. The Labute approximate surface area is 111 Å². The molecule has 0 saturated carbocycles. The molecule has 0 aliphatic rings. The number of sulfonamides is 1. The summed E-state index contributed by atoms with van der Waals surface area (Å²) in [5.41, 5.74) is 0.924. The molecule has 100 valence electrons. The first-order chi connectivity index (χ1) is 8.96. The normalized spacial score (nSPS) is 11.2. The van der Waals surface area contributed by atoms with Crippen LogP contribution in [0.5, 0.6) is 0 Å². The van der Waals surface area contributed by atoms with Crippen molar-refractivity contribution >= 4 is 15.7 Å². The molecule has 0 unspecified atom stereocenters. The lowest BCUT2D eigenvalue weighted by atomic mass is 10.2. The molecule has 0 aliphatic heterocycles. The summed E-state index contributed by atoms with van der Waals surface area (Å²) in [6.45, 7) is 1.73. The number of hydrogen-bond acceptors (Lipinski definition) is 3. The number of aromatic nitrogens is 1. The topological polar surface area (TPSA) is 79.0 Å². The van der Waals surface area contributed by atoms with E-state index in [-0.39, 0.29) is 11.4 Å². The Hall–Kier alpha value is -2.08. The van der Waals surface area contributed by atoms with Crippen LogP contribution in [0.1, 0.15) is 11.3 Å². The second-order valence-electron chi connectivity index (χ2n) is 4.23. The number of hydrogen-bond donors (Lipinski definition) is 2. The Morgan fingerprint density at radius 3 is 2.42 bits per heavy atom. The van der Waals surface area contributed by atoms with E-state index in [1.807, 2.05) is 6.07 Å². The summed E-state index contributed by atoms with van der Waals surface area (Å²) in [5, 5.41) is 0. The van der Waals surface area contributed by atoms with Gasteiger partial charge >= 0.3 is 0 Å². The van der Waals surface area contributed by atoms with Gasteiger partial charge in [0.1, 0.15) is 5.69 Å². The van der Waals surface area contributed by atoms with Crippen LogP contribution in [0.3, 0.4) is 0 Å². The van der Waals surface area contributed by atoms with Crippen molar-refractivity contribution in [1.82, 2.24) is 4.98 Å². The van der Waals surface area contributed by atoms with Crippen LogP contribution in [-0.4, -0.2) is 13.4 Å². The minimum absolute atomic E-state index is 0.0292. The highest BCUT2D eigenvalue weighted by atomic mass is 32.2. The van der Waals surface area contributed by atoms with Gasteiger partial charge in [-0.2, -0.15) is 0 Å². The first-order valence-corrected chi connectivity index (χ1v) is 7.36. The number of nitrogens with one attached hydrogen (secondary N) is 2. The summed E-state index contributed by atoms with van der Waals surface area (Å²) in [4.78, 5) is 14.1. The van der Waals surface area contributed by atoms with Gasteiger partial charge in [-0.25, -0.2) is 8.42 Å². The third kappa shape index (κ3) is 3.69. The number of aryl methyl sites for hydroxylation is 1. The number of aromatic amines is 1. The second-order valence-corrected chi connectivity index (χ2v) is 5.95. The van der Waals surface area contributed by atoms with E-state index in [0.29, 0.717) is 11.3 Å². The van der Waals surface area contributed by atoms with Crippen molar-refractivity contribution in [2.45, 2.75) is 12.7 Å². The number of rotatable bonds is 4. The van der Waals surface area contributed by atoms with Gasteiger partial charge in [-0.3, -0.25) is 9.52 Å². The first kappa shape index (κ1) is 13.4. The minimum Gasteiger partial charge on any atom is -0.325 e. The van der Waals surface area contributed by atoms with Crippen molar-refractivity contribution in [3.63, 3.8) is 0 Å². The predicted molar refractivity (Wildman–Crippen MR) is 74.5 cm³/mol. The third-order valence-corrected chi connectivity index (χ3v) is 3.76. The maximum absolute atomic E-state index is 11.9. The van der Waals surface area contributed by atoms with Crippen LogP contribution in [0.15, 0.2) is 47.3 Å². The molecule has 0 amide bonds. The molecule has 0 atom stereocenters. The van der Waals surface area contributed by atoms with Gasteiger partial charge < -0.3 is 4.98 Å². The highest BCUT2D eigenvalue weighted by Gasteiger charge is 2.13. The molecule has 0 spiro atoms. The molecule has 0 bridgehead atoms. The average molecular weight is 278 g/mol. The van der Waals surface area contributed by atoms with Gasteiger partial charge in [0.25, 0.3) is 5.56 Å². The van der Waals surface area contributed by atoms with Crippen molar-refractivity contribution in [2.75, 3.05) is 4.72 Å². The van der Waals surface area contributed by atoms with Gasteiger partial charge in [-0.05, 0) is 24.6 Å². The van der Waals surface area contributed by atoms with Crippen molar-refractivity contribution in [2.24, 2.45) is 0 Å². The van der Waals surface area contributed by atoms with E-state index in [1.165, 1.54) is 6.07 Å². The van der Waals surface area contributed by atoms with Gasteiger partial charge in [0.2, 0.25) is 10.0 Å². The van der Waals surface area contributed by atoms with E-state index in [9.17, 15) is 13.2 Å². The van der Waals surface area contributed by atoms with Crippen LogP contribution in [0.4, 0.5) is 5.69 Å². The lowest BCUT2D eigenvalue weighted by molar-refractivity contribution is 0.600. The minimum atomic E-state index is -3.59. The van der Waals surface area contributed by atoms with Crippen molar-refractivity contribution in [3.05, 3.63) is 64.1 Å². The van der Waals surface area contributed by atoms with E-state index in [4.69, 9.17) is 0 Å². The number of H-pyrrole nitrogens is 1. The van der Waals surface area contributed by atoms with E-state index in [1.54, 1.807) is 37.3 Å². The van der Waals surface area contributed by atoms with Crippen LogP contribution in [0.2, 0.25) is 0 Å². The van der Waals surface area contributed by atoms with E-state index in [0.717, 1.165) is 0 Å². The summed E-state index contributed by atoms with van der Waals surface area (Å²) in [6.07, 6.45) is 0. The lowest BCUT2D eigenvalue weighted by Gasteiger charge is -2.07. The lowest BCUT2D eigenvalue weighted by Crippen LogP contribution is -2.21. The molecule has 1 aromatic heterocycles. The summed E-state index contributed by atoms with van der Waals surface area (Å²) in [5.74, 6) is -0.166. The van der Waals surface area contributed by atoms with Crippen LogP contribution in [0, 0.1) is 6.92 Å². The smallest absolute Gasteiger partial charge is 0.272 e. The van der Waals surface area contributed by atoms with Crippen molar-refractivity contribution in [3.8, 4) is 0 Å².